The molecule has 0 amide bonds. The van der Waals surface area contributed by atoms with Crippen LogP contribution >= 0.6 is 0 Å². The van der Waals surface area contributed by atoms with E-state index in [0.717, 1.165) is 6.42 Å². The van der Waals surface area contributed by atoms with Crippen LogP contribution in [0, 0.1) is 5.92 Å². The zero-order valence-electron chi connectivity index (χ0n) is 11.8. The van der Waals surface area contributed by atoms with Crippen LogP contribution in [-0.2, 0) is 9.59 Å². The number of aliphatic hydroxyl groups is 1. The highest BCUT2D eigenvalue weighted by molar-refractivity contribution is 5.73. The minimum Gasteiger partial charge on any atom is -0.480 e. The molecule has 0 bridgehead atoms. The van der Waals surface area contributed by atoms with Gasteiger partial charge in [0.05, 0.1) is 0 Å². The van der Waals surface area contributed by atoms with Gasteiger partial charge in [-0.1, -0.05) is 20.8 Å². The number of carbonyl (C=O) groups is 2. The summed E-state index contributed by atoms with van der Waals surface area (Å²) in [5, 5.41) is 28.1. The third-order valence-electron chi connectivity index (χ3n) is 2.36. The number of rotatable bonds is 8. The molecule has 0 aromatic carbocycles. The molecule has 0 unspecified atom stereocenters. The molecule has 6 N–H and O–H groups in total. The largest absolute Gasteiger partial charge is 0.480 e. The van der Waals surface area contributed by atoms with Gasteiger partial charge >= 0.3 is 11.9 Å². The second-order valence-electron chi connectivity index (χ2n) is 4.47. The van der Waals surface area contributed by atoms with E-state index in [0.29, 0.717) is 6.54 Å². The van der Waals surface area contributed by atoms with Gasteiger partial charge in [-0.05, 0) is 25.3 Å². The molecular formula is C12H26N2O5. The number of aliphatic carboxylic acids is 2. The van der Waals surface area contributed by atoms with Crippen molar-refractivity contribution in [3.05, 3.63) is 0 Å². The Morgan fingerprint density at radius 2 is 1.74 bits per heavy atom. The molecule has 7 heteroatoms. The van der Waals surface area contributed by atoms with Crippen LogP contribution in [0.25, 0.3) is 0 Å². The van der Waals surface area contributed by atoms with E-state index in [2.05, 4.69) is 5.32 Å². The van der Waals surface area contributed by atoms with Gasteiger partial charge in [0.15, 0.2) is 0 Å². The van der Waals surface area contributed by atoms with E-state index < -0.39 is 24.0 Å². The maximum Gasteiger partial charge on any atom is 0.320 e. The average molecular weight is 278 g/mol. The van der Waals surface area contributed by atoms with Crippen molar-refractivity contribution in [3.63, 3.8) is 0 Å². The third-order valence-corrected chi connectivity index (χ3v) is 2.36. The quantitative estimate of drug-likeness (QED) is 0.418. The van der Waals surface area contributed by atoms with Crippen LogP contribution in [0.4, 0.5) is 0 Å². The van der Waals surface area contributed by atoms with Gasteiger partial charge in [0.1, 0.15) is 12.1 Å². The van der Waals surface area contributed by atoms with Crippen LogP contribution in [0.1, 0.15) is 33.6 Å². The van der Waals surface area contributed by atoms with Crippen LogP contribution in [0.15, 0.2) is 0 Å². The number of hydrogen-bond acceptors (Lipinski definition) is 5. The molecular weight excluding hydrogens is 252 g/mol. The predicted octanol–water partition coefficient (Wildman–Crippen LogP) is -0.124. The van der Waals surface area contributed by atoms with E-state index in [1.54, 1.807) is 13.8 Å². The van der Waals surface area contributed by atoms with Crippen molar-refractivity contribution in [1.29, 1.82) is 0 Å². The lowest BCUT2D eigenvalue weighted by molar-refractivity contribution is -0.140. The van der Waals surface area contributed by atoms with Crippen molar-refractivity contribution in [2.45, 2.75) is 45.7 Å². The molecule has 0 aliphatic heterocycles. The normalized spacial score (nSPS) is 13.4. The third kappa shape index (κ3) is 11.6. The summed E-state index contributed by atoms with van der Waals surface area (Å²) >= 11 is 0. The molecule has 2 atom stereocenters. The second kappa shape index (κ2) is 11.9. The molecule has 0 aromatic heterocycles. The van der Waals surface area contributed by atoms with Crippen molar-refractivity contribution in [2.75, 3.05) is 13.2 Å². The Kier molecular flexibility index (Phi) is 12.6. The van der Waals surface area contributed by atoms with E-state index in [1.165, 1.54) is 0 Å². The van der Waals surface area contributed by atoms with Gasteiger partial charge in [0.2, 0.25) is 0 Å². The SMILES string of the molecule is CC(C)[C@H](N)C(=O)O.CCCN[C@@H](CCO)C(=O)O. The smallest absolute Gasteiger partial charge is 0.320 e. The summed E-state index contributed by atoms with van der Waals surface area (Å²) in [6.45, 7) is 6.10. The van der Waals surface area contributed by atoms with E-state index in [9.17, 15) is 9.59 Å². The van der Waals surface area contributed by atoms with E-state index in [4.69, 9.17) is 21.1 Å². The number of carboxylic acid groups (broad SMARTS) is 2. The van der Waals surface area contributed by atoms with Crippen molar-refractivity contribution in [3.8, 4) is 0 Å². The Hall–Kier alpha value is -1.18. The Morgan fingerprint density at radius 3 is 1.95 bits per heavy atom. The van der Waals surface area contributed by atoms with Gasteiger partial charge in [0.25, 0.3) is 0 Å². The van der Waals surface area contributed by atoms with Gasteiger partial charge in [0, 0.05) is 6.61 Å². The molecule has 7 nitrogen and oxygen atoms in total. The Morgan fingerprint density at radius 1 is 1.21 bits per heavy atom. The maximum absolute atomic E-state index is 10.4. The molecule has 0 aliphatic carbocycles. The first-order valence-electron chi connectivity index (χ1n) is 6.33. The molecule has 19 heavy (non-hydrogen) atoms. The van der Waals surface area contributed by atoms with Crippen LogP contribution in [0.3, 0.4) is 0 Å². The summed E-state index contributed by atoms with van der Waals surface area (Å²) in [6.07, 6.45) is 1.17. The minimum absolute atomic E-state index is 0.0208. The van der Waals surface area contributed by atoms with Gasteiger partial charge in [-0.25, -0.2) is 0 Å². The van der Waals surface area contributed by atoms with Crippen molar-refractivity contribution in [1.82, 2.24) is 5.32 Å². The molecule has 0 saturated carbocycles. The van der Waals surface area contributed by atoms with Gasteiger partial charge < -0.3 is 26.4 Å². The van der Waals surface area contributed by atoms with Gasteiger partial charge in [-0.2, -0.15) is 0 Å². The lowest BCUT2D eigenvalue weighted by Gasteiger charge is -2.11. The van der Waals surface area contributed by atoms with Gasteiger partial charge in [-0.3, -0.25) is 9.59 Å². The second-order valence-corrected chi connectivity index (χ2v) is 4.47. The molecule has 0 saturated heterocycles. The average Bonchev–Trinajstić information content (AvgIpc) is 2.33. The molecule has 114 valence electrons. The Balaban J connectivity index is 0. The number of nitrogens with one attached hydrogen (secondary N) is 1. The first-order valence-corrected chi connectivity index (χ1v) is 6.33. The van der Waals surface area contributed by atoms with E-state index in [1.807, 2.05) is 6.92 Å². The van der Waals surface area contributed by atoms with Gasteiger partial charge in [-0.15, -0.1) is 0 Å². The predicted molar refractivity (Wildman–Crippen MR) is 71.9 cm³/mol. The summed E-state index contributed by atoms with van der Waals surface area (Å²) in [7, 11) is 0. The number of hydrogen-bond donors (Lipinski definition) is 5. The lowest BCUT2D eigenvalue weighted by atomic mass is 10.1. The highest BCUT2D eigenvalue weighted by Gasteiger charge is 2.14. The topological polar surface area (TPSA) is 133 Å². The highest BCUT2D eigenvalue weighted by atomic mass is 16.4. The fraction of sp³-hybridized carbons (Fsp3) is 0.833. The molecule has 0 radical (unpaired) electrons. The standard InChI is InChI=1S/C7H15NO3.C5H11NO2/c1-2-4-8-6(3-5-9)7(10)11;1-3(2)4(6)5(7)8/h6,8-9H,2-5H2,1H3,(H,10,11);3-4H,6H2,1-2H3,(H,7,8)/t6-;4-/m00/s1. The first kappa shape index (κ1) is 20.1. The summed E-state index contributed by atoms with van der Waals surface area (Å²) in [6, 6.07) is -1.31. The van der Waals surface area contributed by atoms with Crippen molar-refractivity contribution in [2.24, 2.45) is 11.7 Å². The zero-order valence-corrected chi connectivity index (χ0v) is 11.8. The summed E-state index contributed by atoms with van der Waals surface area (Å²) < 4.78 is 0. The highest BCUT2D eigenvalue weighted by Crippen LogP contribution is 1.96. The molecule has 0 aliphatic rings. The summed E-state index contributed by atoms with van der Waals surface area (Å²) in [5.74, 6) is -1.81. The molecule has 0 heterocycles. The Bertz CT molecular complexity index is 259. The van der Waals surface area contributed by atoms with E-state index >= 15 is 0 Å². The fourth-order valence-corrected chi connectivity index (χ4v) is 1.05. The molecule has 0 rings (SSSR count). The fourth-order valence-electron chi connectivity index (χ4n) is 1.05. The van der Waals surface area contributed by atoms with Crippen molar-refractivity contribution < 1.29 is 24.9 Å². The zero-order chi connectivity index (χ0) is 15.4. The molecule has 0 aromatic rings. The van der Waals surface area contributed by atoms with E-state index in [-0.39, 0.29) is 18.9 Å². The lowest BCUT2D eigenvalue weighted by Crippen LogP contribution is -2.37. The minimum atomic E-state index is -0.931. The van der Waals surface area contributed by atoms with Crippen LogP contribution in [0.2, 0.25) is 0 Å². The first-order chi connectivity index (χ1) is 8.77. The number of carboxylic acids is 2. The monoisotopic (exact) mass is 278 g/mol. The van der Waals surface area contributed by atoms with Crippen LogP contribution < -0.4 is 11.1 Å². The number of aliphatic hydroxyl groups excluding tert-OH is 1. The maximum atomic E-state index is 10.4. The van der Waals surface area contributed by atoms with Crippen LogP contribution in [-0.4, -0.2) is 52.5 Å². The number of nitrogens with two attached hydrogens (primary N) is 1. The summed E-state index contributed by atoms with van der Waals surface area (Å²) in [4.78, 5) is 20.4. The Labute approximate surface area is 113 Å². The molecule has 0 spiro atoms. The summed E-state index contributed by atoms with van der Waals surface area (Å²) in [5.41, 5.74) is 5.16. The molecule has 0 fully saturated rings. The van der Waals surface area contributed by atoms with Crippen molar-refractivity contribution >= 4 is 11.9 Å². The van der Waals surface area contributed by atoms with Crippen LogP contribution in [0.5, 0.6) is 0 Å².